The van der Waals surface area contributed by atoms with Gasteiger partial charge in [-0.05, 0) is 39.0 Å². The van der Waals surface area contributed by atoms with Gasteiger partial charge in [0.25, 0.3) is 0 Å². The molecule has 0 saturated heterocycles. The molecule has 2 N–H and O–H groups in total. The Bertz CT molecular complexity index is 655. The maximum atomic E-state index is 13.1. The largest absolute Gasteiger partial charge is 0.470 e. The second kappa shape index (κ2) is 5.55. The molecule has 0 amide bonds. The van der Waals surface area contributed by atoms with Gasteiger partial charge >= 0.3 is 0 Å². The van der Waals surface area contributed by atoms with Crippen molar-refractivity contribution in [2.75, 3.05) is 5.73 Å². The molecule has 0 atom stereocenters. The van der Waals surface area contributed by atoms with E-state index in [0.29, 0.717) is 5.69 Å². The van der Waals surface area contributed by atoms with E-state index in [1.807, 2.05) is 20.8 Å². The number of anilines is 1. The second-order valence-electron chi connectivity index (χ2n) is 5.44. The van der Waals surface area contributed by atoms with Crippen molar-refractivity contribution in [1.29, 1.82) is 0 Å². The van der Waals surface area contributed by atoms with Gasteiger partial charge in [0.1, 0.15) is 11.4 Å². The number of nitrogen functional groups attached to an aromatic ring is 1. The molecule has 0 bridgehead atoms. The van der Waals surface area contributed by atoms with Crippen LogP contribution in [0.4, 0.5) is 14.5 Å². The summed E-state index contributed by atoms with van der Waals surface area (Å²) in [5.41, 5.74) is 5.67. The molecule has 0 aliphatic rings. The smallest absolute Gasteiger partial charge is 0.241 e. The lowest BCUT2D eigenvalue weighted by Gasteiger charge is -2.21. The molecule has 6 heteroatoms. The first-order chi connectivity index (χ1) is 9.74. The van der Waals surface area contributed by atoms with Crippen LogP contribution in [-0.2, 0) is 0 Å². The van der Waals surface area contributed by atoms with E-state index in [4.69, 9.17) is 15.2 Å². The predicted molar refractivity (Wildman–Crippen MR) is 75.5 cm³/mol. The standard InChI is InChI=1S/C15H16F2N2O2/c1-15(2,3)21-14-12(18)6-7-13(19-14)20-9-4-5-10(16)11(17)8-9/h4-8H,18H2,1-3H3. The maximum absolute atomic E-state index is 13.1. The minimum Gasteiger partial charge on any atom is -0.470 e. The summed E-state index contributed by atoms with van der Waals surface area (Å²) in [7, 11) is 0. The monoisotopic (exact) mass is 294 g/mol. The number of rotatable bonds is 3. The molecule has 2 aromatic rings. The van der Waals surface area contributed by atoms with Crippen LogP contribution in [0.5, 0.6) is 17.5 Å². The number of benzene rings is 1. The summed E-state index contributed by atoms with van der Waals surface area (Å²) in [5, 5.41) is 0. The molecule has 0 unspecified atom stereocenters. The molecule has 2 rings (SSSR count). The first-order valence-corrected chi connectivity index (χ1v) is 6.33. The van der Waals surface area contributed by atoms with Crippen molar-refractivity contribution in [3.05, 3.63) is 42.0 Å². The van der Waals surface area contributed by atoms with E-state index in [-0.39, 0.29) is 17.5 Å². The summed E-state index contributed by atoms with van der Waals surface area (Å²) < 4.78 is 37.0. The van der Waals surface area contributed by atoms with E-state index in [1.54, 1.807) is 6.07 Å². The molecule has 1 aromatic carbocycles. The Labute approximate surface area is 121 Å². The molecule has 112 valence electrons. The summed E-state index contributed by atoms with van der Waals surface area (Å²) in [5.74, 6) is -1.40. The average molecular weight is 294 g/mol. The quantitative estimate of drug-likeness (QED) is 0.932. The molecule has 4 nitrogen and oxygen atoms in total. The van der Waals surface area contributed by atoms with E-state index in [0.717, 1.165) is 12.1 Å². The van der Waals surface area contributed by atoms with E-state index in [9.17, 15) is 8.78 Å². The topological polar surface area (TPSA) is 57.4 Å². The first kappa shape index (κ1) is 15.0. The zero-order valence-electron chi connectivity index (χ0n) is 12.0. The van der Waals surface area contributed by atoms with Gasteiger partial charge in [0.2, 0.25) is 11.8 Å². The Morgan fingerprint density at radius 3 is 2.38 bits per heavy atom. The van der Waals surface area contributed by atoms with Crippen LogP contribution in [0.2, 0.25) is 0 Å². The van der Waals surface area contributed by atoms with Gasteiger partial charge in [-0.25, -0.2) is 8.78 Å². The van der Waals surface area contributed by atoms with Crippen LogP contribution in [0.25, 0.3) is 0 Å². The number of nitrogens with zero attached hydrogens (tertiary/aromatic N) is 1. The molecule has 21 heavy (non-hydrogen) atoms. The van der Waals surface area contributed by atoms with Gasteiger partial charge in [-0.1, -0.05) is 0 Å². The molecule has 0 fully saturated rings. The number of halogens is 2. The van der Waals surface area contributed by atoms with Crippen LogP contribution < -0.4 is 15.2 Å². The van der Waals surface area contributed by atoms with Gasteiger partial charge in [0.15, 0.2) is 11.6 Å². The van der Waals surface area contributed by atoms with Crippen molar-refractivity contribution in [3.63, 3.8) is 0 Å². The lowest BCUT2D eigenvalue weighted by molar-refractivity contribution is 0.124. The molecular weight excluding hydrogens is 278 g/mol. The van der Waals surface area contributed by atoms with E-state index in [1.165, 1.54) is 12.1 Å². The fourth-order valence-corrected chi connectivity index (χ4v) is 1.52. The Hall–Kier alpha value is -2.37. The van der Waals surface area contributed by atoms with E-state index in [2.05, 4.69) is 4.98 Å². The lowest BCUT2D eigenvalue weighted by atomic mass is 10.2. The third kappa shape index (κ3) is 4.05. The van der Waals surface area contributed by atoms with Crippen LogP contribution in [-0.4, -0.2) is 10.6 Å². The van der Waals surface area contributed by atoms with Crippen LogP contribution >= 0.6 is 0 Å². The summed E-state index contributed by atoms with van der Waals surface area (Å²) in [4.78, 5) is 4.12. The van der Waals surface area contributed by atoms with Crippen molar-refractivity contribution < 1.29 is 18.3 Å². The highest BCUT2D eigenvalue weighted by atomic mass is 19.2. The summed E-state index contributed by atoms with van der Waals surface area (Å²) in [6.45, 7) is 5.57. The number of aromatic nitrogens is 1. The summed E-state index contributed by atoms with van der Waals surface area (Å²) >= 11 is 0. The average Bonchev–Trinajstić information content (AvgIpc) is 2.36. The molecule has 1 aromatic heterocycles. The Morgan fingerprint density at radius 1 is 1.05 bits per heavy atom. The molecule has 0 radical (unpaired) electrons. The van der Waals surface area contributed by atoms with Crippen LogP contribution in [0.15, 0.2) is 30.3 Å². The number of pyridine rings is 1. The van der Waals surface area contributed by atoms with Crippen molar-refractivity contribution >= 4 is 5.69 Å². The highest BCUT2D eigenvalue weighted by Crippen LogP contribution is 2.28. The number of hydrogen-bond acceptors (Lipinski definition) is 4. The molecule has 0 aliphatic carbocycles. The lowest BCUT2D eigenvalue weighted by Crippen LogP contribution is -2.24. The van der Waals surface area contributed by atoms with E-state index < -0.39 is 17.2 Å². The zero-order valence-corrected chi connectivity index (χ0v) is 12.0. The molecule has 0 spiro atoms. The van der Waals surface area contributed by atoms with Crippen LogP contribution in [0.3, 0.4) is 0 Å². The third-order valence-electron chi connectivity index (χ3n) is 2.38. The number of hydrogen-bond donors (Lipinski definition) is 1. The van der Waals surface area contributed by atoms with E-state index >= 15 is 0 Å². The van der Waals surface area contributed by atoms with Gasteiger partial charge in [0.05, 0.1) is 5.69 Å². The van der Waals surface area contributed by atoms with Gasteiger partial charge in [-0.15, -0.1) is 0 Å². The highest BCUT2D eigenvalue weighted by molar-refractivity contribution is 5.50. The fourth-order valence-electron chi connectivity index (χ4n) is 1.52. The SMILES string of the molecule is CC(C)(C)Oc1nc(Oc2ccc(F)c(F)c2)ccc1N. The molecule has 0 saturated carbocycles. The minimum atomic E-state index is -0.992. The second-order valence-corrected chi connectivity index (χ2v) is 5.44. The normalized spacial score (nSPS) is 11.3. The third-order valence-corrected chi connectivity index (χ3v) is 2.38. The summed E-state index contributed by atoms with van der Waals surface area (Å²) in [6.07, 6.45) is 0. The zero-order chi connectivity index (χ0) is 15.6. The summed E-state index contributed by atoms with van der Waals surface area (Å²) in [6, 6.07) is 6.32. The number of nitrogens with two attached hydrogens (primary N) is 1. The Balaban J connectivity index is 2.24. The predicted octanol–water partition coefficient (Wildman–Crippen LogP) is 3.91. The minimum absolute atomic E-state index is 0.132. The molecular formula is C15H16F2N2O2. The van der Waals surface area contributed by atoms with Gasteiger partial charge in [-0.2, -0.15) is 4.98 Å². The van der Waals surface area contributed by atoms with Gasteiger partial charge in [-0.3, -0.25) is 0 Å². The van der Waals surface area contributed by atoms with Crippen LogP contribution in [0, 0.1) is 11.6 Å². The van der Waals surface area contributed by atoms with Crippen LogP contribution in [0.1, 0.15) is 20.8 Å². The molecule has 0 aliphatic heterocycles. The van der Waals surface area contributed by atoms with Gasteiger partial charge < -0.3 is 15.2 Å². The van der Waals surface area contributed by atoms with Crippen molar-refractivity contribution in [1.82, 2.24) is 4.98 Å². The number of ether oxygens (including phenoxy) is 2. The maximum Gasteiger partial charge on any atom is 0.241 e. The molecule has 1 heterocycles. The Morgan fingerprint density at radius 2 is 1.76 bits per heavy atom. The van der Waals surface area contributed by atoms with Crippen molar-refractivity contribution in [2.45, 2.75) is 26.4 Å². The highest BCUT2D eigenvalue weighted by Gasteiger charge is 2.16. The fraction of sp³-hybridized carbons (Fsp3) is 0.267. The van der Waals surface area contributed by atoms with Crippen molar-refractivity contribution in [2.24, 2.45) is 0 Å². The Kier molecular flexibility index (Phi) is 3.97. The first-order valence-electron chi connectivity index (χ1n) is 6.33. The van der Waals surface area contributed by atoms with Crippen molar-refractivity contribution in [3.8, 4) is 17.5 Å². The van der Waals surface area contributed by atoms with Gasteiger partial charge in [0, 0.05) is 12.1 Å².